The Hall–Kier alpha value is -2.15. The molecule has 1 aliphatic rings. The van der Waals surface area contributed by atoms with E-state index >= 15 is 0 Å². The van der Waals surface area contributed by atoms with Crippen molar-refractivity contribution in [2.24, 2.45) is 11.7 Å². The molecule has 7 heteroatoms. The van der Waals surface area contributed by atoms with E-state index in [0.29, 0.717) is 18.8 Å². The molecule has 0 spiro atoms. The fourth-order valence-electron chi connectivity index (χ4n) is 2.73. The summed E-state index contributed by atoms with van der Waals surface area (Å²) in [6.45, 7) is 2.09. The molecule has 0 radical (unpaired) electrons. The third-order valence-corrected chi connectivity index (χ3v) is 3.84. The van der Waals surface area contributed by atoms with Gasteiger partial charge in [0.1, 0.15) is 5.69 Å². The van der Waals surface area contributed by atoms with Gasteiger partial charge >= 0.3 is 0 Å². The Balaban J connectivity index is 2.10. The number of anilines is 1. The van der Waals surface area contributed by atoms with Crippen LogP contribution in [-0.2, 0) is 11.3 Å². The van der Waals surface area contributed by atoms with Crippen molar-refractivity contribution in [1.82, 2.24) is 4.90 Å². The lowest BCUT2D eigenvalue weighted by atomic mass is 9.97. The number of nitrogens with one attached hydrogen (secondary N) is 1. The Bertz CT molecular complexity index is 547. The van der Waals surface area contributed by atoms with E-state index in [9.17, 15) is 14.9 Å². The smallest absolute Gasteiger partial charge is 0.292 e. The zero-order valence-electron chi connectivity index (χ0n) is 12.0. The van der Waals surface area contributed by atoms with Crippen LogP contribution >= 0.6 is 0 Å². The number of piperidine rings is 1. The summed E-state index contributed by atoms with van der Waals surface area (Å²) in [4.78, 5) is 24.1. The number of hydrogen-bond acceptors (Lipinski definition) is 5. The lowest BCUT2D eigenvalue weighted by molar-refractivity contribution is -0.384. The van der Waals surface area contributed by atoms with Crippen molar-refractivity contribution in [3.8, 4) is 0 Å². The average Bonchev–Trinajstić information content (AvgIpc) is 2.47. The van der Waals surface area contributed by atoms with Crippen molar-refractivity contribution in [3.05, 3.63) is 33.9 Å². The number of primary amides is 1. The van der Waals surface area contributed by atoms with Crippen LogP contribution in [0.3, 0.4) is 0 Å². The predicted octanol–water partition coefficient (Wildman–Crippen LogP) is 1.33. The summed E-state index contributed by atoms with van der Waals surface area (Å²) in [5.41, 5.74) is 6.79. The van der Waals surface area contributed by atoms with Crippen molar-refractivity contribution >= 4 is 17.3 Å². The molecule has 21 heavy (non-hydrogen) atoms. The molecule has 1 aliphatic heterocycles. The van der Waals surface area contributed by atoms with Crippen molar-refractivity contribution in [2.75, 3.05) is 25.5 Å². The zero-order chi connectivity index (χ0) is 15.4. The van der Waals surface area contributed by atoms with Gasteiger partial charge in [-0.3, -0.25) is 19.8 Å². The molecule has 1 fully saturated rings. The predicted molar refractivity (Wildman–Crippen MR) is 79.8 cm³/mol. The van der Waals surface area contributed by atoms with Crippen LogP contribution in [0, 0.1) is 16.0 Å². The van der Waals surface area contributed by atoms with Crippen LogP contribution in [-0.4, -0.2) is 35.9 Å². The van der Waals surface area contributed by atoms with E-state index in [-0.39, 0.29) is 17.5 Å². The average molecular weight is 292 g/mol. The van der Waals surface area contributed by atoms with E-state index < -0.39 is 4.92 Å². The highest BCUT2D eigenvalue weighted by Gasteiger charge is 2.24. The number of amides is 1. The van der Waals surface area contributed by atoms with Crippen LogP contribution in [0.1, 0.15) is 18.4 Å². The minimum atomic E-state index is -0.391. The topological polar surface area (TPSA) is 102 Å². The quantitative estimate of drug-likeness (QED) is 0.630. The molecule has 3 N–H and O–H groups in total. The normalized spacial score (nSPS) is 19.2. The van der Waals surface area contributed by atoms with Crippen molar-refractivity contribution in [3.63, 3.8) is 0 Å². The highest BCUT2D eigenvalue weighted by molar-refractivity contribution is 5.76. The largest absolute Gasteiger partial charge is 0.383 e. The summed E-state index contributed by atoms with van der Waals surface area (Å²) in [6, 6.07) is 5.16. The van der Waals surface area contributed by atoms with Gasteiger partial charge in [-0.15, -0.1) is 0 Å². The highest BCUT2D eigenvalue weighted by atomic mass is 16.6. The van der Waals surface area contributed by atoms with Crippen LogP contribution in [0.15, 0.2) is 18.2 Å². The summed E-state index contributed by atoms with van der Waals surface area (Å²) in [7, 11) is 1.66. The Morgan fingerprint density at radius 3 is 2.95 bits per heavy atom. The van der Waals surface area contributed by atoms with Gasteiger partial charge in [0.15, 0.2) is 0 Å². The minimum absolute atomic E-state index is 0.0680. The molecule has 0 bridgehead atoms. The third kappa shape index (κ3) is 3.69. The Kier molecular flexibility index (Phi) is 4.74. The SMILES string of the molecule is CNc1ccc(CN2CCCC(C(N)=O)C2)cc1[N+](=O)[O-]. The highest BCUT2D eigenvalue weighted by Crippen LogP contribution is 2.26. The molecule has 1 aromatic rings. The van der Waals surface area contributed by atoms with Gasteiger partial charge in [-0.2, -0.15) is 0 Å². The maximum atomic E-state index is 11.3. The van der Waals surface area contributed by atoms with Crippen LogP contribution < -0.4 is 11.1 Å². The first-order valence-corrected chi connectivity index (χ1v) is 6.98. The number of carbonyl (C=O) groups is 1. The van der Waals surface area contributed by atoms with Crippen LogP contribution in [0.5, 0.6) is 0 Å². The van der Waals surface area contributed by atoms with Gasteiger partial charge in [-0.25, -0.2) is 0 Å². The van der Waals surface area contributed by atoms with E-state index in [1.807, 2.05) is 6.07 Å². The molecule has 1 amide bonds. The van der Waals surface area contributed by atoms with Gasteiger partial charge in [0, 0.05) is 26.2 Å². The molecule has 2 rings (SSSR count). The fraction of sp³-hybridized carbons (Fsp3) is 0.500. The van der Waals surface area contributed by atoms with E-state index in [4.69, 9.17) is 5.73 Å². The van der Waals surface area contributed by atoms with Gasteiger partial charge in [-0.05, 0) is 31.0 Å². The van der Waals surface area contributed by atoms with Gasteiger partial charge in [0.25, 0.3) is 5.69 Å². The monoisotopic (exact) mass is 292 g/mol. The van der Waals surface area contributed by atoms with E-state index in [1.54, 1.807) is 19.2 Å². The van der Waals surface area contributed by atoms with Crippen LogP contribution in [0.2, 0.25) is 0 Å². The second-order valence-corrected chi connectivity index (χ2v) is 5.34. The molecule has 1 saturated heterocycles. The van der Waals surface area contributed by atoms with E-state index in [1.165, 1.54) is 0 Å². The minimum Gasteiger partial charge on any atom is -0.383 e. The van der Waals surface area contributed by atoms with Crippen molar-refractivity contribution in [2.45, 2.75) is 19.4 Å². The number of nitro benzene ring substituents is 1. The summed E-state index contributed by atoms with van der Waals surface area (Å²) < 4.78 is 0. The number of nitrogens with zero attached hydrogens (tertiary/aromatic N) is 2. The van der Waals surface area contributed by atoms with Crippen LogP contribution in [0.25, 0.3) is 0 Å². The molecule has 0 aromatic heterocycles. The van der Waals surface area contributed by atoms with E-state index in [2.05, 4.69) is 10.2 Å². The van der Waals surface area contributed by atoms with Gasteiger partial charge < -0.3 is 11.1 Å². The number of rotatable bonds is 5. The molecule has 0 aliphatic carbocycles. The molecule has 1 atom stereocenters. The Morgan fingerprint density at radius 2 is 2.33 bits per heavy atom. The lowest BCUT2D eigenvalue weighted by Gasteiger charge is -2.31. The van der Waals surface area contributed by atoms with Gasteiger partial charge in [0.2, 0.25) is 5.91 Å². The van der Waals surface area contributed by atoms with Gasteiger partial charge in [-0.1, -0.05) is 6.07 Å². The standard InChI is InChI=1S/C14H20N4O3/c1-16-12-5-4-10(7-13(12)18(20)21)8-17-6-2-3-11(9-17)14(15)19/h4-5,7,11,16H,2-3,6,8-9H2,1H3,(H2,15,19). The number of nitro groups is 1. The summed E-state index contributed by atoms with van der Waals surface area (Å²) in [6.07, 6.45) is 1.75. The molecule has 1 heterocycles. The number of nitrogens with two attached hydrogens (primary N) is 1. The van der Waals surface area contributed by atoms with Crippen molar-refractivity contribution in [1.29, 1.82) is 0 Å². The lowest BCUT2D eigenvalue weighted by Crippen LogP contribution is -2.40. The maximum Gasteiger partial charge on any atom is 0.292 e. The maximum absolute atomic E-state index is 11.3. The first-order valence-electron chi connectivity index (χ1n) is 6.98. The molecule has 0 saturated carbocycles. The van der Waals surface area contributed by atoms with E-state index in [0.717, 1.165) is 24.9 Å². The fourth-order valence-corrected chi connectivity index (χ4v) is 2.73. The number of hydrogen-bond donors (Lipinski definition) is 2. The zero-order valence-corrected chi connectivity index (χ0v) is 12.0. The van der Waals surface area contributed by atoms with Crippen molar-refractivity contribution < 1.29 is 9.72 Å². The molecule has 1 aromatic carbocycles. The molecular weight excluding hydrogens is 272 g/mol. The summed E-state index contributed by atoms with van der Waals surface area (Å²) >= 11 is 0. The molecule has 114 valence electrons. The first kappa shape index (κ1) is 15.2. The number of carbonyl (C=O) groups excluding carboxylic acids is 1. The van der Waals surface area contributed by atoms with Crippen LogP contribution in [0.4, 0.5) is 11.4 Å². The molecule has 7 nitrogen and oxygen atoms in total. The van der Waals surface area contributed by atoms with Gasteiger partial charge in [0.05, 0.1) is 10.8 Å². The molecular formula is C14H20N4O3. The molecule has 1 unspecified atom stereocenters. The number of benzene rings is 1. The second-order valence-electron chi connectivity index (χ2n) is 5.34. The Labute approximate surface area is 123 Å². The summed E-state index contributed by atoms with van der Waals surface area (Å²) in [5.74, 6) is -0.387. The summed E-state index contributed by atoms with van der Waals surface area (Å²) in [5, 5.41) is 13.9. The third-order valence-electron chi connectivity index (χ3n) is 3.84. The Morgan fingerprint density at radius 1 is 1.57 bits per heavy atom. The first-order chi connectivity index (χ1) is 10.0. The number of likely N-dealkylation sites (tertiary alicyclic amines) is 1. The second kappa shape index (κ2) is 6.53.